The van der Waals surface area contributed by atoms with Crippen LogP contribution in [0.25, 0.3) is 10.9 Å². The number of anilines is 1. The van der Waals surface area contributed by atoms with Crippen molar-refractivity contribution in [1.29, 1.82) is 0 Å². The molecule has 13 heavy (non-hydrogen) atoms. The summed E-state index contributed by atoms with van der Waals surface area (Å²) in [6.07, 6.45) is 1.81. The Kier molecular flexibility index (Phi) is 2.13. The van der Waals surface area contributed by atoms with Gasteiger partial charge < -0.3 is 5.32 Å². The quantitative estimate of drug-likeness (QED) is 0.757. The third-order valence-corrected chi connectivity index (χ3v) is 1.98. The summed E-state index contributed by atoms with van der Waals surface area (Å²) >= 11 is 0. The minimum absolute atomic E-state index is 0. The van der Waals surface area contributed by atoms with E-state index >= 15 is 0 Å². The van der Waals surface area contributed by atoms with Gasteiger partial charge in [0, 0.05) is 25.2 Å². The molecule has 2 heteroatoms. The molecule has 68 valence electrons. The van der Waals surface area contributed by atoms with Crippen LogP contribution in [-0.4, -0.2) is 11.5 Å². The normalized spacial score (nSPS) is 10.2. The van der Waals surface area contributed by atoms with Gasteiger partial charge in [0.25, 0.3) is 0 Å². The number of benzene rings is 1. The third-order valence-electron chi connectivity index (χ3n) is 1.98. The summed E-state index contributed by atoms with van der Waals surface area (Å²) in [4.78, 5) is 4.25. The maximum absolute atomic E-state index is 4.25. The molecule has 2 aromatic rings. The fraction of sp³-hybridized carbons (Fsp3) is 0.182. The second kappa shape index (κ2) is 3.44. The summed E-state index contributed by atoms with van der Waals surface area (Å²) in [7, 11) is 0. The highest BCUT2D eigenvalue weighted by molar-refractivity contribution is 5.82. The zero-order valence-electron chi connectivity index (χ0n) is 7.62. The largest absolute Gasteiger partial charge is 0.385 e. The van der Waals surface area contributed by atoms with E-state index in [1.54, 1.807) is 0 Å². The van der Waals surface area contributed by atoms with E-state index in [2.05, 4.69) is 35.4 Å². The van der Waals surface area contributed by atoms with Crippen LogP contribution in [0.3, 0.4) is 0 Å². The Morgan fingerprint density at radius 3 is 3.15 bits per heavy atom. The van der Waals surface area contributed by atoms with E-state index in [4.69, 9.17) is 0 Å². The molecule has 0 spiro atoms. The SMILES string of the molecule is CCNc1ccc2ncccc2c1.[HH]. The first kappa shape index (κ1) is 8.05. The van der Waals surface area contributed by atoms with Crippen LogP contribution in [0.1, 0.15) is 8.35 Å². The molecule has 0 atom stereocenters. The molecule has 0 aliphatic rings. The van der Waals surface area contributed by atoms with E-state index < -0.39 is 0 Å². The van der Waals surface area contributed by atoms with Gasteiger partial charge >= 0.3 is 0 Å². The lowest BCUT2D eigenvalue weighted by Gasteiger charge is -2.03. The predicted molar refractivity (Wildman–Crippen MR) is 58.0 cm³/mol. The van der Waals surface area contributed by atoms with E-state index in [0.717, 1.165) is 17.7 Å². The number of nitrogens with one attached hydrogen (secondary N) is 1. The van der Waals surface area contributed by atoms with Gasteiger partial charge in [-0.3, -0.25) is 4.98 Å². The number of nitrogens with zero attached hydrogens (tertiary/aromatic N) is 1. The van der Waals surface area contributed by atoms with Crippen LogP contribution in [0.2, 0.25) is 0 Å². The van der Waals surface area contributed by atoms with Crippen molar-refractivity contribution in [3.63, 3.8) is 0 Å². The number of fused-ring (bicyclic) bond motifs is 1. The van der Waals surface area contributed by atoms with Crippen LogP contribution in [0.5, 0.6) is 0 Å². The standard InChI is InChI=1S/C11H12N2.H2/c1-2-12-10-5-6-11-9(8-10)4-3-7-13-11;/h3-8,12H,2H2,1H3;1H. The fourth-order valence-corrected chi connectivity index (χ4v) is 1.39. The van der Waals surface area contributed by atoms with Gasteiger partial charge in [-0.25, -0.2) is 0 Å². The fourth-order valence-electron chi connectivity index (χ4n) is 1.39. The zero-order chi connectivity index (χ0) is 9.10. The minimum atomic E-state index is 0. The summed E-state index contributed by atoms with van der Waals surface area (Å²) in [5.74, 6) is 0. The van der Waals surface area contributed by atoms with Crippen molar-refractivity contribution in [3.8, 4) is 0 Å². The van der Waals surface area contributed by atoms with E-state index in [1.807, 2.05) is 18.3 Å². The number of hydrogen-bond acceptors (Lipinski definition) is 2. The van der Waals surface area contributed by atoms with Gasteiger partial charge in [0.15, 0.2) is 0 Å². The molecule has 0 bridgehead atoms. The van der Waals surface area contributed by atoms with Crippen molar-refractivity contribution in [2.45, 2.75) is 6.92 Å². The Bertz CT molecular complexity index is 415. The van der Waals surface area contributed by atoms with Gasteiger partial charge in [0.05, 0.1) is 5.52 Å². The maximum atomic E-state index is 4.25. The Labute approximate surface area is 79.1 Å². The predicted octanol–water partition coefficient (Wildman–Crippen LogP) is 2.91. The van der Waals surface area contributed by atoms with Crippen molar-refractivity contribution in [2.75, 3.05) is 11.9 Å². The van der Waals surface area contributed by atoms with E-state index in [9.17, 15) is 0 Å². The van der Waals surface area contributed by atoms with Gasteiger partial charge in [0.1, 0.15) is 0 Å². The maximum Gasteiger partial charge on any atom is 0.0703 e. The van der Waals surface area contributed by atoms with Crippen LogP contribution in [0.15, 0.2) is 36.5 Å². The van der Waals surface area contributed by atoms with Crippen molar-refractivity contribution < 1.29 is 1.43 Å². The lowest BCUT2D eigenvalue weighted by molar-refractivity contribution is 1.21. The molecule has 0 aliphatic heterocycles. The first-order valence-electron chi connectivity index (χ1n) is 4.49. The highest BCUT2D eigenvalue weighted by atomic mass is 14.8. The van der Waals surface area contributed by atoms with Crippen LogP contribution >= 0.6 is 0 Å². The molecule has 1 aromatic heterocycles. The Hall–Kier alpha value is -1.57. The lowest BCUT2D eigenvalue weighted by atomic mass is 10.2. The summed E-state index contributed by atoms with van der Waals surface area (Å²) < 4.78 is 0. The zero-order valence-corrected chi connectivity index (χ0v) is 7.62. The van der Waals surface area contributed by atoms with Gasteiger partial charge in [0.2, 0.25) is 0 Å². The number of hydrogen-bond donors (Lipinski definition) is 1. The second-order valence-electron chi connectivity index (χ2n) is 2.94. The molecule has 0 unspecified atom stereocenters. The summed E-state index contributed by atoms with van der Waals surface area (Å²) in [6.45, 7) is 3.04. The molecule has 1 aromatic carbocycles. The summed E-state index contributed by atoms with van der Waals surface area (Å²) in [5.41, 5.74) is 2.20. The first-order valence-corrected chi connectivity index (χ1v) is 4.49. The third kappa shape index (κ3) is 1.61. The molecule has 0 aliphatic carbocycles. The van der Waals surface area contributed by atoms with Gasteiger partial charge in [-0.2, -0.15) is 0 Å². The smallest absolute Gasteiger partial charge is 0.0703 e. The molecule has 0 saturated heterocycles. The molecule has 2 nitrogen and oxygen atoms in total. The minimum Gasteiger partial charge on any atom is -0.385 e. The van der Waals surface area contributed by atoms with E-state index in [-0.39, 0.29) is 1.43 Å². The summed E-state index contributed by atoms with van der Waals surface area (Å²) in [5, 5.41) is 4.45. The average molecular weight is 174 g/mol. The van der Waals surface area contributed by atoms with Gasteiger partial charge in [-0.1, -0.05) is 6.07 Å². The molecule has 2 rings (SSSR count). The molecule has 0 saturated carbocycles. The monoisotopic (exact) mass is 174 g/mol. The number of pyridine rings is 1. The van der Waals surface area contributed by atoms with Crippen molar-refractivity contribution >= 4 is 16.6 Å². The molecular formula is C11H14N2. The lowest BCUT2D eigenvalue weighted by Crippen LogP contribution is -1.95. The molecular weight excluding hydrogens is 160 g/mol. The summed E-state index contributed by atoms with van der Waals surface area (Å²) in [6, 6.07) is 10.2. The second-order valence-corrected chi connectivity index (χ2v) is 2.94. The van der Waals surface area contributed by atoms with Crippen LogP contribution < -0.4 is 5.32 Å². The number of aromatic nitrogens is 1. The topological polar surface area (TPSA) is 24.9 Å². The first-order chi connectivity index (χ1) is 6.40. The van der Waals surface area contributed by atoms with Gasteiger partial charge in [-0.15, -0.1) is 0 Å². The molecule has 0 fully saturated rings. The average Bonchev–Trinajstić information content (AvgIpc) is 2.18. The molecule has 1 heterocycles. The van der Waals surface area contributed by atoms with Crippen LogP contribution in [0.4, 0.5) is 5.69 Å². The number of rotatable bonds is 2. The van der Waals surface area contributed by atoms with Crippen molar-refractivity contribution in [3.05, 3.63) is 36.5 Å². The highest BCUT2D eigenvalue weighted by Gasteiger charge is 1.94. The Balaban J connectivity index is 0.000000980. The Morgan fingerprint density at radius 1 is 1.38 bits per heavy atom. The van der Waals surface area contributed by atoms with Crippen molar-refractivity contribution in [1.82, 2.24) is 4.98 Å². The van der Waals surface area contributed by atoms with Crippen LogP contribution in [-0.2, 0) is 0 Å². The molecule has 0 radical (unpaired) electrons. The van der Waals surface area contributed by atoms with E-state index in [1.165, 1.54) is 5.39 Å². The highest BCUT2D eigenvalue weighted by Crippen LogP contribution is 2.16. The molecule has 0 amide bonds. The van der Waals surface area contributed by atoms with Crippen molar-refractivity contribution in [2.24, 2.45) is 0 Å². The van der Waals surface area contributed by atoms with Gasteiger partial charge in [-0.05, 0) is 31.2 Å². The van der Waals surface area contributed by atoms with E-state index in [0.29, 0.717) is 0 Å². The Morgan fingerprint density at radius 2 is 2.31 bits per heavy atom. The molecule has 1 N–H and O–H groups in total. The van der Waals surface area contributed by atoms with Crippen LogP contribution in [0, 0.1) is 0 Å².